The molecule has 0 saturated heterocycles. The van der Waals surface area contributed by atoms with Crippen LogP contribution in [0.15, 0.2) is 48.5 Å². The third-order valence-electron chi connectivity index (χ3n) is 5.40. The molecule has 0 aliphatic heterocycles. The van der Waals surface area contributed by atoms with Crippen molar-refractivity contribution < 1.29 is 9.59 Å². The van der Waals surface area contributed by atoms with Crippen LogP contribution in [0.1, 0.15) is 54.1 Å². The van der Waals surface area contributed by atoms with Crippen LogP contribution in [0.4, 0.5) is 5.69 Å². The minimum atomic E-state index is -0.246. The van der Waals surface area contributed by atoms with Crippen molar-refractivity contribution in [2.24, 2.45) is 5.73 Å². The number of amides is 2. The summed E-state index contributed by atoms with van der Waals surface area (Å²) in [6.07, 6.45) is 4.06. The quantitative estimate of drug-likeness (QED) is 0.817. The van der Waals surface area contributed by atoms with Crippen LogP contribution in [0.2, 0.25) is 0 Å². The van der Waals surface area contributed by atoms with Crippen LogP contribution in [-0.2, 0) is 11.3 Å². The molecule has 29 heavy (non-hydrogen) atoms. The molecule has 0 bridgehead atoms. The van der Waals surface area contributed by atoms with Crippen molar-refractivity contribution in [2.75, 3.05) is 5.32 Å². The zero-order valence-corrected chi connectivity index (χ0v) is 16.6. The van der Waals surface area contributed by atoms with Gasteiger partial charge in [0, 0.05) is 36.8 Å². The maximum absolute atomic E-state index is 12.5. The van der Waals surface area contributed by atoms with Gasteiger partial charge in [0.1, 0.15) is 0 Å². The zero-order chi connectivity index (χ0) is 20.8. The maximum atomic E-state index is 12.5. The number of nitriles is 1. The lowest BCUT2D eigenvalue weighted by Crippen LogP contribution is -2.50. The first-order chi connectivity index (χ1) is 14.0. The van der Waals surface area contributed by atoms with Crippen LogP contribution in [-0.4, -0.2) is 28.8 Å². The molecule has 3 rings (SSSR count). The van der Waals surface area contributed by atoms with Gasteiger partial charge in [-0.3, -0.25) is 9.59 Å². The van der Waals surface area contributed by atoms with E-state index in [2.05, 4.69) is 5.32 Å². The second kappa shape index (κ2) is 9.35. The smallest absolute Gasteiger partial charge is 0.255 e. The second-order valence-electron chi connectivity index (χ2n) is 7.51. The lowest BCUT2D eigenvalue weighted by Gasteiger charge is -2.38. The fourth-order valence-electron chi connectivity index (χ4n) is 3.83. The van der Waals surface area contributed by atoms with Gasteiger partial charge in [-0.15, -0.1) is 0 Å². The number of hydrogen-bond acceptors (Lipinski definition) is 4. The lowest BCUT2D eigenvalue weighted by atomic mass is 9.89. The number of carbonyl (C=O) groups excluding carboxylic acids is 2. The van der Waals surface area contributed by atoms with Gasteiger partial charge in [-0.25, -0.2) is 0 Å². The van der Waals surface area contributed by atoms with E-state index >= 15 is 0 Å². The summed E-state index contributed by atoms with van der Waals surface area (Å²) in [5.41, 5.74) is 8.87. The van der Waals surface area contributed by atoms with Gasteiger partial charge in [-0.2, -0.15) is 5.26 Å². The molecule has 0 spiro atoms. The van der Waals surface area contributed by atoms with E-state index in [-0.39, 0.29) is 23.9 Å². The Morgan fingerprint density at radius 2 is 1.90 bits per heavy atom. The summed E-state index contributed by atoms with van der Waals surface area (Å²) in [6, 6.07) is 16.1. The molecule has 6 nitrogen and oxygen atoms in total. The predicted molar refractivity (Wildman–Crippen MR) is 112 cm³/mol. The molecule has 2 aromatic carbocycles. The number of rotatable bonds is 5. The van der Waals surface area contributed by atoms with Gasteiger partial charge in [0.05, 0.1) is 11.6 Å². The fraction of sp³-hybridized carbons (Fsp3) is 0.348. The van der Waals surface area contributed by atoms with Gasteiger partial charge in [-0.05, 0) is 54.8 Å². The molecule has 1 aliphatic rings. The summed E-state index contributed by atoms with van der Waals surface area (Å²) >= 11 is 0. The van der Waals surface area contributed by atoms with Crippen LogP contribution in [0.25, 0.3) is 0 Å². The normalized spacial score (nSPS) is 18.5. The average Bonchev–Trinajstić information content (AvgIpc) is 2.73. The van der Waals surface area contributed by atoms with Gasteiger partial charge >= 0.3 is 0 Å². The summed E-state index contributed by atoms with van der Waals surface area (Å²) in [6.45, 7) is 2.05. The topological polar surface area (TPSA) is 99.2 Å². The number of carbonyl (C=O) groups is 2. The summed E-state index contributed by atoms with van der Waals surface area (Å²) in [7, 11) is 0. The van der Waals surface area contributed by atoms with Gasteiger partial charge in [0.25, 0.3) is 5.91 Å². The summed E-state index contributed by atoms with van der Waals surface area (Å²) in [4.78, 5) is 26.6. The first-order valence-corrected chi connectivity index (χ1v) is 9.91. The Kier molecular flexibility index (Phi) is 6.63. The molecule has 1 saturated carbocycles. The Balaban J connectivity index is 1.71. The fourth-order valence-corrected chi connectivity index (χ4v) is 3.83. The Bertz CT molecular complexity index is 917. The Labute approximate surface area is 171 Å². The number of anilines is 1. The number of benzene rings is 2. The van der Waals surface area contributed by atoms with Crippen LogP contribution in [0.5, 0.6) is 0 Å². The van der Waals surface area contributed by atoms with E-state index in [1.807, 2.05) is 35.2 Å². The monoisotopic (exact) mass is 390 g/mol. The second-order valence-corrected chi connectivity index (χ2v) is 7.51. The van der Waals surface area contributed by atoms with E-state index in [1.165, 1.54) is 0 Å². The standard InChI is InChI=1S/C23H26N4O2/c1-16(28)27(22-8-3-2-7-21(22)25)15-18-5-4-6-20(13-18)26-23(29)19-11-9-17(14-24)10-12-19/h4-6,9-13,21-22H,2-3,7-8,15,25H2,1H3,(H,26,29). The maximum Gasteiger partial charge on any atom is 0.255 e. The van der Waals surface area contributed by atoms with Crippen molar-refractivity contribution in [3.8, 4) is 6.07 Å². The van der Waals surface area contributed by atoms with E-state index in [9.17, 15) is 9.59 Å². The van der Waals surface area contributed by atoms with Crippen molar-refractivity contribution in [3.63, 3.8) is 0 Å². The van der Waals surface area contributed by atoms with E-state index in [1.54, 1.807) is 31.2 Å². The van der Waals surface area contributed by atoms with E-state index < -0.39 is 0 Å². The summed E-state index contributed by atoms with van der Waals surface area (Å²) in [5.74, 6) is -0.233. The van der Waals surface area contributed by atoms with Gasteiger partial charge in [0.15, 0.2) is 0 Å². The molecule has 2 unspecified atom stereocenters. The predicted octanol–water partition coefficient (Wildman–Crippen LogP) is 3.43. The molecule has 2 amide bonds. The van der Waals surface area contributed by atoms with Crippen LogP contribution >= 0.6 is 0 Å². The molecular formula is C23H26N4O2. The van der Waals surface area contributed by atoms with Crippen molar-refractivity contribution in [3.05, 3.63) is 65.2 Å². The SMILES string of the molecule is CC(=O)N(Cc1cccc(NC(=O)c2ccc(C#N)cc2)c1)C1CCCCC1N. The molecular weight excluding hydrogens is 364 g/mol. The first kappa shape index (κ1) is 20.6. The third kappa shape index (κ3) is 5.21. The van der Waals surface area contributed by atoms with Gasteiger partial charge < -0.3 is 16.0 Å². The summed E-state index contributed by atoms with van der Waals surface area (Å²) < 4.78 is 0. The highest BCUT2D eigenvalue weighted by molar-refractivity contribution is 6.04. The highest BCUT2D eigenvalue weighted by Crippen LogP contribution is 2.24. The first-order valence-electron chi connectivity index (χ1n) is 9.91. The van der Waals surface area contributed by atoms with E-state index in [4.69, 9.17) is 11.0 Å². The number of nitrogens with two attached hydrogens (primary N) is 1. The van der Waals surface area contributed by atoms with Crippen molar-refractivity contribution in [1.29, 1.82) is 5.26 Å². The zero-order valence-electron chi connectivity index (χ0n) is 16.6. The van der Waals surface area contributed by atoms with Crippen LogP contribution in [0, 0.1) is 11.3 Å². The Morgan fingerprint density at radius 1 is 1.17 bits per heavy atom. The van der Waals surface area contributed by atoms with Crippen LogP contribution in [0.3, 0.4) is 0 Å². The minimum absolute atomic E-state index is 0.00641. The molecule has 0 aromatic heterocycles. The molecule has 6 heteroatoms. The van der Waals surface area contributed by atoms with Crippen molar-refractivity contribution in [1.82, 2.24) is 4.90 Å². The van der Waals surface area contributed by atoms with Crippen molar-refractivity contribution >= 4 is 17.5 Å². The highest BCUT2D eigenvalue weighted by Gasteiger charge is 2.29. The third-order valence-corrected chi connectivity index (χ3v) is 5.40. The molecule has 0 heterocycles. The van der Waals surface area contributed by atoms with Crippen LogP contribution < -0.4 is 11.1 Å². The number of hydrogen-bond donors (Lipinski definition) is 2. The molecule has 2 aromatic rings. The molecule has 150 valence electrons. The van der Waals surface area contributed by atoms with E-state index in [0.717, 1.165) is 31.2 Å². The molecule has 2 atom stereocenters. The molecule has 1 aliphatic carbocycles. The number of nitrogens with zero attached hydrogens (tertiary/aromatic N) is 2. The lowest BCUT2D eigenvalue weighted by molar-refractivity contribution is -0.133. The minimum Gasteiger partial charge on any atom is -0.334 e. The molecule has 3 N–H and O–H groups in total. The number of nitrogens with one attached hydrogen (secondary N) is 1. The summed E-state index contributed by atoms with van der Waals surface area (Å²) in [5, 5.41) is 11.7. The molecule has 0 radical (unpaired) electrons. The average molecular weight is 390 g/mol. The van der Waals surface area contributed by atoms with E-state index in [0.29, 0.717) is 23.4 Å². The largest absolute Gasteiger partial charge is 0.334 e. The van der Waals surface area contributed by atoms with Gasteiger partial charge in [0.2, 0.25) is 5.91 Å². The Hall–Kier alpha value is -3.17. The Morgan fingerprint density at radius 3 is 2.55 bits per heavy atom. The molecule has 1 fully saturated rings. The van der Waals surface area contributed by atoms with Crippen molar-refractivity contribution in [2.45, 2.75) is 51.2 Å². The highest BCUT2D eigenvalue weighted by atomic mass is 16.2. The van der Waals surface area contributed by atoms with Gasteiger partial charge in [-0.1, -0.05) is 25.0 Å².